The van der Waals surface area contributed by atoms with Crippen LogP contribution in [0.1, 0.15) is 11.5 Å². The standard InChI is InChI=1S/C48H28O4/c1-5-19-37-31(15-1)35-25-41-45(33-17-3-7-21-39(33)49-41)43(47(35)51-37)29-13-9-11-27(23-29)28-12-10-14-30(24-28)44-46-34-18-4-8-22-40(34)50-42(46)26-36-32-16-2-6-20-38(32)52-48(36)44/h1-26,31,37H. The summed E-state index contributed by atoms with van der Waals surface area (Å²) in [6.45, 7) is 0. The summed E-state index contributed by atoms with van der Waals surface area (Å²) in [6, 6.07) is 46.7. The van der Waals surface area contributed by atoms with E-state index in [1.54, 1.807) is 0 Å². The van der Waals surface area contributed by atoms with Crippen LogP contribution in [-0.2, 0) is 0 Å². The third kappa shape index (κ3) is 3.86. The molecule has 0 saturated carbocycles. The number of para-hydroxylation sites is 3. The van der Waals surface area contributed by atoms with E-state index in [0.717, 1.165) is 111 Å². The van der Waals surface area contributed by atoms with E-state index in [9.17, 15) is 0 Å². The Morgan fingerprint density at radius 3 is 1.67 bits per heavy atom. The Balaban J connectivity index is 1.08. The van der Waals surface area contributed by atoms with Crippen molar-refractivity contribution < 1.29 is 18.0 Å². The van der Waals surface area contributed by atoms with Gasteiger partial charge < -0.3 is 18.0 Å². The van der Waals surface area contributed by atoms with Crippen LogP contribution in [0.4, 0.5) is 0 Å². The molecule has 0 N–H and O–H groups in total. The van der Waals surface area contributed by atoms with E-state index in [0.29, 0.717) is 0 Å². The molecule has 2 aliphatic rings. The van der Waals surface area contributed by atoms with Crippen molar-refractivity contribution in [3.05, 3.63) is 163 Å². The molecule has 0 fully saturated rings. The van der Waals surface area contributed by atoms with E-state index < -0.39 is 0 Å². The molecular formula is C48H28O4. The van der Waals surface area contributed by atoms with Gasteiger partial charge in [-0.05, 0) is 70.8 Å². The summed E-state index contributed by atoms with van der Waals surface area (Å²) < 4.78 is 26.4. The lowest BCUT2D eigenvalue weighted by Gasteiger charge is -2.14. The molecule has 12 rings (SSSR count). The molecule has 1 aliphatic carbocycles. The Morgan fingerprint density at radius 1 is 0.404 bits per heavy atom. The van der Waals surface area contributed by atoms with E-state index in [2.05, 4.69) is 121 Å². The van der Waals surface area contributed by atoms with Gasteiger partial charge in [-0.3, -0.25) is 0 Å². The van der Waals surface area contributed by atoms with Crippen molar-refractivity contribution in [3.8, 4) is 39.1 Å². The first-order valence-corrected chi connectivity index (χ1v) is 17.7. The summed E-state index contributed by atoms with van der Waals surface area (Å²) in [7, 11) is 0. The second-order valence-electron chi connectivity index (χ2n) is 13.9. The number of hydrogen-bond donors (Lipinski definition) is 0. The zero-order chi connectivity index (χ0) is 33.9. The summed E-state index contributed by atoms with van der Waals surface area (Å²) in [5, 5.41) is 6.42. The number of fused-ring (bicyclic) bond motifs is 12. The minimum Gasteiger partial charge on any atom is -0.484 e. The van der Waals surface area contributed by atoms with Gasteiger partial charge in [0.05, 0.1) is 0 Å². The van der Waals surface area contributed by atoms with Crippen LogP contribution in [0.15, 0.2) is 171 Å². The SMILES string of the molecule is C1=CC2Oc3c(cc4oc5ccccc5c4c3-c3cccc(-c4cccc(-c5c6oc7ccccc7c6cc6oc7ccccc7c56)c4)c3)C2C=C1. The van der Waals surface area contributed by atoms with Crippen LogP contribution >= 0.6 is 0 Å². The number of furan rings is 3. The average molecular weight is 669 g/mol. The van der Waals surface area contributed by atoms with Gasteiger partial charge in [-0.1, -0.05) is 109 Å². The molecule has 1 aliphatic heterocycles. The second-order valence-corrected chi connectivity index (χ2v) is 13.9. The highest BCUT2D eigenvalue weighted by Gasteiger charge is 2.36. The topological polar surface area (TPSA) is 48.7 Å². The van der Waals surface area contributed by atoms with Crippen molar-refractivity contribution in [3.63, 3.8) is 0 Å². The maximum Gasteiger partial charge on any atom is 0.144 e. The highest BCUT2D eigenvalue weighted by molar-refractivity contribution is 6.23. The zero-order valence-corrected chi connectivity index (χ0v) is 27.8. The van der Waals surface area contributed by atoms with Gasteiger partial charge in [0, 0.05) is 54.9 Å². The molecule has 52 heavy (non-hydrogen) atoms. The molecular weight excluding hydrogens is 641 g/mol. The van der Waals surface area contributed by atoms with E-state index >= 15 is 0 Å². The Morgan fingerprint density at radius 2 is 0.962 bits per heavy atom. The highest BCUT2D eigenvalue weighted by atomic mass is 16.5. The quantitative estimate of drug-likeness (QED) is 0.188. The maximum atomic E-state index is 6.78. The fourth-order valence-electron chi connectivity index (χ4n) is 8.70. The molecule has 10 aromatic rings. The van der Waals surface area contributed by atoms with Gasteiger partial charge in [0.2, 0.25) is 0 Å². The fraction of sp³-hybridized carbons (Fsp3) is 0.0417. The Labute approximate surface area is 297 Å². The third-order valence-electron chi connectivity index (χ3n) is 11.0. The number of allylic oxidation sites excluding steroid dienone is 2. The van der Waals surface area contributed by atoms with Crippen molar-refractivity contribution in [1.82, 2.24) is 0 Å². The fourth-order valence-corrected chi connectivity index (χ4v) is 8.70. The summed E-state index contributed by atoms with van der Waals surface area (Å²) in [6.07, 6.45) is 8.54. The lowest BCUT2D eigenvalue weighted by Crippen LogP contribution is -2.15. The molecule has 0 bridgehead atoms. The van der Waals surface area contributed by atoms with Gasteiger partial charge in [0.15, 0.2) is 0 Å². The molecule has 2 unspecified atom stereocenters. The zero-order valence-electron chi connectivity index (χ0n) is 27.8. The van der Waals surface area contributed by atoms with Crippen molar-refractivity contribution >= 4 is 65.8 Å². The smallest absolute Gasteiger partial charge is 0.144 e. The molecule has 4 nitrogen and oxygen atoms in total. The normalized spacial score (nSPS) is 16.5. The second kappa shape index (κ2) is 10.4. The van der Waals surface area contributed by atoms with Crippen LogP contribution < -0.4 is 4.74 Å². The van der Waals surface area contributed by atoms with Gasteiger partial charge in [-0.15, -0.1) is 0 Å². The minimum atomic E-state index is -0.0341. The Hall–Kier alpha value is -6.78. The third-order valence-corrected chi connectivity index (χ3v) is 11.0. The molecule has 0 saturated heterocycles. The van der Waals surface area contributed by atoms with Gasteiger partial charge in [0.1, 0.15) is 45.4 Å². The Kier molecular flexibility index (Phi) is 5.58. The first-order valence-electron chi connectivity index (χ1n) is 17.7. The number of hydrogen-bond acceptors (Lipinski definition) is 4. The molecule has 4 heterocycles. The van der Waals surface area contributed by atoms with Crippen molar-refractivity contribution in [2.75, 3.05) is 0 Å². The average Bonchev–Trinajstić information content (AvgIpc) is 3.96. The van der Waals surface area contributed by atoms with Gasteiger partial charge >= 0.3 is 0 Å². The Bertz CT molecular complexity index is 3180. The van der Waals surface area contributed by atoms with Crippen LogP contribution in [0, 0.1) is 0 Å². The lowest BCUT2D eigenvalue weighted by molar-refractivity contribution is 0.270. The van der Waals surface area contributed by atoms with Gasteiger partial charge in [0.25, 0.3) is 0 Å². The number of rotatable bonds is 3. The van der Waals surface area contributed by atoms with E-state index in [1.807, 2.05) is 36.4 Å². The van der Waals surface area contributed by atoms with E-state index in [1.165, 1.54) is 0 Å². The number of ether oxygens (including phenoxy) is 1. The van der Waals surface area contributed by atoms with Crippen molar-refractivity contribution in [1.29, 1.82) is 0 Å². The molecule has 0 amide bonds. The predicted molar refractivity (Wildman–Crippen MR) is 210 cm³/mol. The molecule has 0 radical (unpaired) electrons. The molecule has 3 aromatic heterocycles. The monoisotopic (exact) mass is 668 g/mol. The molecule has 2 atom stereocenters. The summed E-state index contributed by atoms with van der Waals surface area (Å²) in [5.41, 5.74) is 12.8. The highest BCUT2D eigenvalue weighted by Crippen LogP contribution is 2.52. The van der Waals surface area contributed by atoms with Crippen LogP contribution in [0.3, 0.4) is 0 Å². The lowest BCUT2D eigenvalue weighted by atomic mass is 9.88. The summed E-state index contributed by atoms with van der Waals surface area (Å²) >= 11 is 0. The largest absolute Gasteiger partial charge is 0.484 e. The summed E-state index contributed by atoms with van der Waals surface area (Å²) in [4.78, 5) is 0. The van der Waals surface area contributed by atoms with Crippen LogP contribution in [0.2, 0.25) is 0 Å². The van der Waals surface area contributed by atoms with Crippen molar-refractivity contribution in [2.24, 2.45) is 0 Å². The van der Waals surface area contributed by atoms with Gasteiger partial charge in [-0.2, -0.15) is 0 Å². The van der Waals surface area contributed by atoms with E-state index in [4.69, 9.17) is 18.0 Å². The van der Waals surface area contributed by atoms with Crippen LogP contribution in [0.25, 0.3) is 99.2 Å². The summed E-state index contributed by atoms with van der Waals surface area (Å²) in [5.74, 6) is 1.08. The first-order chi connectivity index (χ1) is 25.8. The van der Waals surface area contributed by atoms with Crippen LogP contribution in [-0.4, -0.2) is 6.10 Å². The van der Waals surface area contributed by atoms with Crippen molar-refractivity contribution in [2.45, 2.75) is 12.0 Å². The predicted octanol–water partition coefficient (Wildman–Crippen LogP) is 13.4. The van der Waals surface area contributed by atoms with Crippen LogP contribution in [0.5, 0.6) is 5.75 Å². The molecule has 0 spiro atoms. The first kappa shape index (κ1) is 28.0. The van der Waals surface area contributed by atoms with Gasteiger partial charge in [-0.25, -0.2) is 0 Å². The minimum absolute atomic E-state index is 0.0341. The molecule has 4 heteroatoms. The number of benzene rings is 7. The molecule has 7 aromatic carbocycles. The maximum absolute atomic E-state index is 6.78. The molecule has 244 valence electrons. The van der Waals surface area contributed by atoms with E-state index in [-0.39, 0.29) is 12.0 Å².